The maximum Gasteiger partial charge on any atom is 0.184 e. The number of aromatic nitrogens is 1. The van der Waals surface area contributed by atoms with E-state index in [-0.39, 0.29) is 6.61 Å². The predicted octanol–water partition coefficient (Wildman–Crippen LogP) is 3.10. The van der Waals surface area contributed by atoms with Gasteiger partial charge in [-0.25, -0.2) is 9.37 Å². The van der Waals surface area contributed by atoms with Gasteiger partial charge < -0.3 is 9.84 Å². The van der Waals surface area contributed by atoms with Crippen molar-refractivity contribution in [2.45, 2.75) is 6.61 Å². The maximum absolute atomic E-state index is 13.2. The fraction of sp³-hybridized carbons (Fsp3) is 0.182. The summed E-state index contributed by atoms with van der Waals surface area (Å²) in [4.78, 5) is 4.66. The summed E-state index contributed by atoms with van der Waals surface area (Å²) in [7, 11) is 1.49. The molecule has 17 heavy (non-hydrogen) atoms. The number of aliphatic hydroxyl groups is 1. The lowest BCUT2D eigenvalue weighted by Crippen LogP contribution is -1.92. The minimum absolute atomic E-state index is 0.195. The Morgan fingerprint density at radius 1 is 1.53 bits per heavy atom. The van der Waals surface area contributed by atoms with E-state index in [1.165, 1.54) is 25.3 Å². The SMILES string of the molecule is COc1ccc(F)cc1-c1nc(Cl)sc1CO. The summed E-state index contributed by atoms with van der Waals surface area (Å²) in [5, 5.41) is 9.20. The van der Waals surface area contributed by atoms with Crippen molar-refractivity contribution in [3.05, 3.63) is 33.4 Å². The minimum Gasteiger partial charge on any atom is -0.496 e. The molecule has 0 aliphatic rings. The molecule has 2 rings (SSSR count). The van der Waals surface area contributed by atoms with Gasteiger partial charge in [-0.1, -0.05) is 11.6 Å². The van der Waals surface area contributed by atoms with Gasteiger partial charge in [0, 0.05) is 5.56 Å². The topological polar surface area (TPSA) is 42.4 Å². The summed E-state index contributed by atoms with van der Waals surface area (Å²) < 4.78 is 18.7. The number of rotatable bonds is 3. The van der Waals surface area contributed by atoms with E-state index < -0.39 is 5.82 Å². The first-order valence-corrected chi connectivity index (χ1v) is 5.95. The molecule has 1 aromatic carbocycles. The van der Waals surface area contributed by atoms with E-state index in [4.69, 9.17) is 16.3 Å². The third-order valence-electron chi connectivity index (χ3n) is 2.23. The molecule has 6 heteroatoms. The number of methoxy groups -OCH3 is 1. The molecule has 1 N–H and O–H groups in total. The average molecular weight is 274 g/mol. The summed E-state index contributed by atoms with van der Waals surface area (Å²) in [6, 6.07) is 4.12. The molecule has 0 saturated heterocycles. The van der Waals surface area contributed by atoms with Gasteiger partial charge in [0.2, 0.25) is 0 Å². The van der Waals surface area contributed by atoms with Crippen molar-refractivity contribution in [1.82, 2.24) is 4.98 Å². The molecule has 90 valence electrons. The molecule has 0 bridgehead atoms. The second-order valence-electron chi connectivity index (χ2n) is 3.24. The van der Waals surface area contributed by atoms with Crippen molar-refractivity contribution >= 4 is 22.9 Å². The Morgan fingerprint density at radius 3 is 2.94 bits per heavy atom. The molecule has 0 saturated carbocycles. The number of nitrogens with zero attached hydrogens (tertiary/aromatic N) is 1. The highest BCUT2D eigenvalue weighted by molar-refractivity contribution is 7.16. The molecule has 0 spiro atoms. The van der Waals surface area contributed by atoms with Crippen LogP contribution < -0.4 is 4.74 Å². The summed E-state index contributed by atoms with van der Waals surface area (Å²) in [5.74, 6) is 0.0943. The molecule has 1 aromatic heterocycles. The molecule has 0 aliphatic carbocycles. The largest absolute Gasteiger partial charge is 0.496 e. The number of benzene rings is 1. The fourth-order valence-electron chi connectivity index (χ4n) is 1.51. The van der Waals surface area contributed by atoms with Gasteiger partial charge in [-0.3, -0.25) is 0 Å². The third-order valence-corrected chi connectivity index (χ3v) is 3.38. The lowest BCUT2D eigenvalue weighted by molar-refractivity contribution is 0.286. The van der Waals surface area contributed by atoms with E-state index in [0.717, 1.165) is 11.3 Å². The maximum atomic E-state index is 13.2. The predicted molar refractivity (Wildman–Crippen MR) is 65.0 cm³/mol. The van der Waals surface area contributed by atoms with Gasteiger partial charge in [-0.05, 0) is 18.2 Å². The first kappa shape index (κ1) is 12.3. The normalized spacial score (nSPS) is 10.6. The summed E-state index contributed by atoms with van der Waals surface area (Å²) in [6.07, 6.45) is 0. The summed E-state index contributed by atoms with van der Waals surface area (Å²) in [5.41, 5.74) is 0.943. The quantitative estimate of drug-likeness (QED) is 0.934. The molecule has 0 unspecified atom stereocenters. The Bertz CT molecular complexity index is 544. The average Bonchev–Trinajstić information content (AvgIpc) is 2.70. The Hall–Kier alpha value is -1.17. The van der Waals surface area contributed by atoms with Gasteiger partial charge in [0.15, 0.2) is 4.47 Å². The summed E-state index contributed by atoms with van der Waals surface area (Å²) in [6.45, 7) is -0.195. The van der Waals surface area contributed by atoms with Gasteiger partial charge in [-0.15, -0.1) is 11.3 Å². The molecule has 3 nitrogen and oxygen atoms in total. The smallest absolute Gasteiger partial charge is 0.184 e. The van der Waals surface area contributed by atoms with Crippen molar-refractivity contribution in [3.63, 3.8) is 0 Å². The number of aliphatic hydroxyl groups excluding tert-OH is 1. The number of ether oxygens (including phenoxy) is 1. The van der Waals surface area contributed by atoms with E-state index in [9.17, 15) is 9.50 Å². The standard InChI is InChI=1S/C11H9ClFNO2S/c1-16-8-3-2-6(13)4-7(8)10-9(5-15)17-11(12)14-10/h2-4,15H,5H2,1H3. The van der Waals surface area contributed by atoms with Gasteiger partial charge in [0.05, 0.1) is 24.3 Å². The molecular weight excluding hydrogens is 265 g/mol. The van der Waals surface area contributed by atoms with Crippen LogP contribution in [0.2, 0.25) is 4.47 Å². The number of thiazole rings is 1. The monoisotopic (exact) mass is 273 g/mol. The van der Waals surface area contributed by atoms with Crippen LogP contribution in [-0.2, 0) is 6.61 Å². The van der Waals surface area contributed by atoms with Crippen LogP contribution in [0.5, 0.6) is 5.75 Å². The highest BCUT2D eigenvalue weighted by Crippen LogP contribution is 2.36. The van der Waals surface area contributed by atoms with Gasteiger partial charge >= 0.3 is 0 Å². The summed E-state index contributed by atoms with van der Waals surface area (Å²) >= 11 is 6.95. The van der Waals surface area contributed by atoms with Crippen LogP contribution in [0.4, 0.5) is 4.39 Å². The first-order valence-electron chi connectivity index (χ1n) is 4.75. The van der Waals surface area contributed by atoms with Crippen molar-refractivity contribution in [2.24, 2.45) is 0 Å². The van der Waals surface area contributed by atoms with E-state index in [0.29, 0.717) is 26.4 Å². The van der Waals surface area contributed by atoms with Crippen LogP contribution in [-0.4, -0.2) is 17.2 Å². The number of hydrogen-bond donors (Lipinski definition) is 1. The fourth-order valence-corrected chi connectivity index (χ4v) is 2.53. The second-order valence-corrected chi connectivity index (χ2v) is 4.91. The molecular formula is C11H9ClFNO2S. The lowest BCUT2D eigenvalue weighted by atomic mass is 10.1. The van der Waals surface area contributed by atoms with Crippen LogP contribution in [0, 0.1) is 5.82 Å². The highest BCUT2D eigenvalue weighted by atomic mass is 35.5. The molecule has 0 atom stereocenters. The molecule has 0 amide bonds. The van der Waals surface area contributed by atoms with Gasteiger partial charge in [0.25, 0.3) is 0 Å². The molecule has 1 heterocycles. The number of halogens is 2. The van der Waals surface area contributed by atoms with Crippen molar-refractivity contribution in [1.29, 1.82) is 0 Å². The highest BCUT2D eigenvalue weighted by Gasteiger charge is 2.16. The molecule has 0 fully saturated rings. The zero-order valence-corrected chi connectivity index (χ0v) is 10.5. The van der Waals surface area contributed by atoms with Gasteiger partial charge in [0.1, 0.15) is 11.6 Å². The first-order chi connectivity index (χ1) is 8.15. The molecule has 0 radical (unpaired) electrons. The zero-order chi connectivity index (χ0) is 12.4. The van der Waals surface area contributed by atoms with Crippen LogP contribution in [0.3, 0.4) is 0 Å². The Kier molecular flexibility index (Phi) is 3.61. The van der Waals surface area contributed by atoms with Crippen molar-refractivity contribution < 1.29 is 14.2 Å². The lowest BCUT2D eigenvalue weighted by Gasteiger charge is -2.07. The second kappa shape index (κ2) is 5.00. The Balaban J connectivity index is 2.61. The van der Waals surface area contributed by atoms with E-state index >= 15 is 0 Å². The zero-order valence-electron chi connectivity index (χ0n) is 8.91. The van der Waals surface area contributed by atoms with Crippen molar-refractivity contribution in [2.75, 3.05) is 7.11 Å². The Morgan fingerprint density at radius 2 is 2.29 bits per heavy atom. The van der Waals surface area contributed by atoms with Crippen LogP contribution in [0.15, 0.2) is 18.2 Å². The Labute approximate surface area is 106 Å². The number of hydrogen-bond acceptors (Lipinski definition) is 4. The minimum atomic E-state index is -0.395. The molecule has 0 aliphatic heterocycles. The van der Waals surface area contributed by atoms with Crippen LogP contribution >= 0.6 is 22.9 Å². The van der Waals surface area contributed by atoms with Crippen molar-refractivity contribution in [3.8, 4) is 17.0 Å². The van der Waals surface area contributed by atoms with E-state index in [1.54, 1.807) is 0 Å². The van der Waals surface area contributed by atoms with E-state index in [2.05, 4.69) is 4.98 Å². The van der Waals surface area contributed by atoms with Crippen LogP contribution in [0.1, 0.15) is 4.88 Å². The van der Waals surface area contributed by atoms with Gasteiger partial charge in [-0.2, -0.15) is 0 Å². The van der Waals surface area contributed by atoms with E-state index in [1.807, 2.05) is 0 Å². The molecule has 2 aromatic rings. The third kappa shape index (κ3) is 2.41. The van der Waals surface area contributed by atoms with Crippen LogP contribution in [0.25, 0.3) is 11.3 Å².